The monoisotopic (exact) mass is 345 g/mol. The number of carbonyl (C=O) groups is 3. The summed E-state index contributed by atoms with van der Waals surface area (Å²) in [5.41, 5.74) is 1.73. The summed E-state index contributed by atoms with van der Waals surface area (Å²) in [4.78, 5) is 39.3. The molecule has 5 heteroatoms. The number of hydrogen-bond donors (Lipinski definition) is 1. The van der Waals surface area contributed by atoms with Crippen molar-refractivity contribution in [2.75, 3.05) is 13.2 Å². The molecule has 0 aliphatic carbocycles. The zero-order valence-corrected chi connectivity index (χ0v) is 13.8. The van der Waals surface area contributed by atoms with Crippen molar-refractivity contribution in [2.24, 2.45) is 0 Å². The summed E-state index contributed by atoms with van der Waals surface area (Å²) < 4.78 is 0. The zero-order valence-electron chi connectivity index (χ0n) is 13.8. The number of aliphatic hydroxyl groups is 1. The lowest BCUT2D eigenvalue weighted by Gasteiger charge is -2.27. The van der Waals surface area contributed by atoms with Crippen LogP contribution in [0.3, 0.4) is 0 Å². The Morgan fingerprint density at radius 1 is 0.846 bits per heavy atom. The van der Waals surface area contributed by atoms with Gasteiger partial charge < -0.3 is 5.11 Å². The zero-order chi connectivity index (χ0) is 18.3. The van der Waals surface area contributed by atoms with Crippen LogP contribution in [-0.4, -0.2) is 40.8 Å². The number of β-amino-alcohol motifs (C(OH)–C–C–N with tert-alkyl or cyclic N) is 1. The van der Waals surface area contributed by atoms with Crippen LogP contribution in [0, 0.1) is 0 Å². The fraction of sp³-hybridized carbons (Fsp3) is 0.0952. The molecule has 0 atom stereocenters. The van der Waals surface area contributed by atoms with Gasteiger partial charge in [0.15, 0.2) is 5.78 Å². The van der Waals surface area contributed by atoms with Crippen molar-refractivity contribution in [3.8, 4) is 0 Å². The van der Waals surface area contributed by atoms with E-state index < -0.39 is 11.8 Å². The van der Waals surface area contributed by atoms with E-state index in [2.05, 4.69) is 0 Å². The molecule has 0 fully saturated rings. The highest BCUT2D eigenvalue weighted by atomic mass is 16.3. The maximum Gasteiger partial charge on any atom is 0.261 e. The topological polar surface area (TPSA) is 74.7 Å². The molecule has 0 unspecified atom stereocenters. The van der Waals surface area contributed by atoms with Gasteiger partial charge in [-0.15, -0.1) is 0 Å². The van der Waals surface area contributed by atoms with Crippen molar-refractivity contribution in [3.63, 3.8) is 0 Å². The summed E-state index contributed by atoms with van der Waals surface area (Å²) >= 11 is 0. The molecule has 1 aliphatic rings. The van der Waals surface area contributed by atoms with E-state index in [0.717, 1.165) is 4.90 Å². The Labute approximate surface area is 149 Å². The first-order valence-corrected chi connectivity index (χ1v) is 8.26. The third-order valence-corrected chi connectivity index (χ3v) is 4.60. The SMILES string of the molecule is O=C(c1ccccc1)c1ccc2c3c(cccc13)C(=O)N(CCO)C2=O. The highest BCUT2D eigenvalue weighted by molar-refractivity contribution is 6.28. The molecule has 26 heavy (non-hydrogen) atoms. The standard InChI is InChI=1S/C21H15NO4/c23-12-11-22-20(25)16-8-4-7-14-15(9-10-17(18(14)16)21(22)26)19(24)13-5-2-1-3-6-13/h1-10,23H,11-12H2. The van der Waals surface area contributed by atoms with Crippen LogP contribution in [0.1, 0.15) is 36.6 Å². The molecule has 0 radical (unpaired) electrons. The van der Waals surface area contributed by atoms with Crippen molar-refractivity contribution in [3.05, 3.63) is 82.9 Å². The Morgan fingerprint density at radius 3 is 2.23 bits per heavy atom. The minimum atomic E-state index is -0.452. The van der Waals surface area contributed by atoms with Gasteiger partial charge >= 0.3 is 0 Å². The number of nitrogens with zero attached hydrogens (tertiary/aromatic N) is 1. The molecular weight excluding hydrogens is 330 g/mol. The van der Waals surface area contributed by atoms with Crippen LogP contribution in [0.4, 0.5) is 0 Å². The van der Waals surface area contributed by atoms with E-state index in [1.165, 1.54) is 0 Å². The van der Waals surface area contributed by atoms with E-state index in [0.29, 0.717) is 33.0 Å². The summed E-state index contributed by atoms with van der Waals surface area (Å²) in [7, 11) is 0. The van der Waals surface area contributed by atoms with Crippen molar-refractivity contribution in [1.82, 2.24) is 4.90 Å². The molecule has 2 amide bonds. The van der Waals surface area contributed by atoms with Gasteiger partial charge in [-0.3, -0.25) is 19.3 Å². The van der Waals surface area contributed by atoms with Gasteiger partial charge in [0.05, 0.1) is 13.2 Å². The van der Waals surface area contributed by atoms with Crippen molar-refractivity contribution in [1.29, 1.82) is 0 Å². The fourth-order valence-electron chi connectivity index (χ4n) is 3.39. The van der Waals surface area contributed by atoms with Crippen molar-refractivity contribution < 1.29 is 19.5 Å². The summed E-state index contributed by atoms with van der Waals surface area (Å²) in [5, 5.41) is 10.2. The number of carbonyl (C=O) groups excluding carboxylic acids is 3. The molecule has 4 rings (SSSR count). The number of ketones is 1. The molecule has 3 aromatic carbocycles. The van der Waals surface area contributed by atoms with E-state index in [1.54, 1.807) is 54.6 Å². The molecule has 0 saturated carbocycles. The van der Waals surface area contributed by atoms with Crippen LogP contribution < -0.4 is 0 Å². The van der Waals surface area contributed by atoms with Gasteiger partial charge in [0.2, 0.25) is 0 Å². The molecule has 0 aromatic heterocycles. The normalized spacial score (nSPS) is 13.3. The van der Waals surface area contributed by atoms with Gasteiger partial charge in [-0.1, -0.05) is 42.5 Å². The van der Waals surface area contributed by atoms with Crippen LogP contribution in [0.2, 0.25) is 0 Å². The molecule has 3 aromatic rings. The highest BCUT2D eigenvalue weighted by Gasteiger charge is 2.33. The summed E-state index contributed by atoms with van der Waals surface area (Å²) in [6.45, 7) is -0.356. The Balaban J connectivity index is 1.94. The smallest absolute Gasteiger partial charge is 0.261 e. The minimum absolute atomic E-state index is 0.0573. The van der Waals surface area contributed by atoms with Crippen LogP contribution in [0.5, 0.6) is 0 Å². The molecule has 0 bridgehead atoms. The van der Waals surface area contributed by atoms with Gasteiger partial charge in [0.1, 0.15) is 0 Å². The molecular formula is C21H15NO4. The van der Waals surface area contributed by atoms with Crippen LogP contribution in [0.15, 0.2) is 60.7 Å². The number of aliphatic hydroxyl groups excluding tert-OH is 1. The van der Waals surface area contributed by atoms with Crippen LogP contribution in [0.25, 0.3) is 10.8 Å². The largest absolute Gasteiger partial charge is 0.395 e. The van der Waals surface area contributed by atoms with Gasteiger partial charge in [-0.2, -0.15) is 0 Å². The second-order valence-electron chi connectivity index (χ2n) is 6.07. The first-order valence-electron chi connectivity index (χ1n) is 8.26. The first kappa shape index (κ1) is 16.2. The molecule has 5 nitrogen and oxygen atoms in total. The summed E-state index contributed by atoms with van der Waals surface area (Å²) in [5.74, 6) is -1.06. The fourth-order valence-corrected chi connectivity index (χ4v) is 3.39. The van der Waals surface area contributed by atoms with E-state index in [9.17, 15) is 14.4 Å². The highest BCUT2D eigenvalue weighted by Crippen LogP contribution is 2.33. The third kappa shape index (κ3) is 2.33. The average molecular weight is 345 g/mol. The molecule has 1 N–H and O–H groups in total. The molecule has 128 valence electrons. The number of amides is 2. The number of hydrogen-bond acceptors (Lipinski definition) is 4. The quantitative estimate of drug-likeness (QED) is 0.583. The lowest BCUT2D eigenvalue weighted by Crippen LogP contribution is -2.42. The predicted molar refractivity (Wildman–Crippen MR) is 96.3 cm³/mol. The average Bonchev–Trinajstić information content (AvgIpc) is 2.69. The van der Waals surface area contributed by atoms with Gasteiger partial charge in [0, 0.05) is 27.6 Å². The molecule has 1 aliphatic heterocycles. The molecule has 0 saturated heterocycles. The maximum absolute atomic E-state index is 12.9. The minimum Gasteiger partial charge on any atom is -0.395 e. The van der Waals surface area contributed by atoms with Gasteiger partial charge in [-0.25, -0.2) is 0 Å². The predicted octanol–water partition coefficient (Wildman–Crippen LogP) is 2.66. The van der Waals surface area contributed by atoms with E-state index in [4.69, 9.17) is 5.11 Å². The van der Waals surface area contributed by atoms with Crippen molar-refractivity contribution in [2.45, 2.75) is 0 Å². The molecule has 0 spiro atoms. The second-order valence-corrected chi connectivity index (χ2v) is 6.07. The summed E-state index contributed by atoms with van der Waals surface area (Å²) in [6.07, 6.45) is 0. The molecule has 1 heterocycles. The first-order chi connectivity index (χ1) is 12.6. The second kappa shape index (κ2) is 6.20. The van der Waals surface area contributed by atoms with E-state index in [1.807, 2.05) is 6.07 Å². The lowest BCUT2D eigenvalue weighted by atomic mass is 9.89. The Hall–Kier alpha value is -3.31. The Bertz CT molecular complexity index is 1030. The number of imide groups is 1. The summed E-state index contributed by atoms with van der Waals surface area (Å²) in [6, 6.07) is 17.2. The van der Waals surface area contributed by atoms with E-state index in [-0.39, 0.29) is 18.9 Å². The number of benzene rings is 3. The van der Waals surface area contributed by atoms with E-state index >= 15 is 0 Å². The van der Waals surface area contributed by atoms with Gasteiger partial charge in [0.25, 0.3) is 11.8 Å². The van der Waals surface area contributed by atoms with Crippen LogP contribution in [-0.2, 0) is 0 Å². The van der Waals surface area contributed by atoms with Gasteiger partial charge in [-0.05, 0) is 23.6 Å². The Morgan fingerprint density at radius 2 is 1.54 bits per heavy atom. The van der Waals surface area contributed by atoms with Crippen LogP contribution >= 0.6 is 0 Å². The van der Waals surface area contributed by atoms with Crippen molar-refractivity contribution >= 4 is 28.4 Å². The Kier molecular flexibility index (Phi) is 3.86. The maximum atomic E-state index is 12.9. The lowest BCUT2D eigenvalue weighted by molar-refractivity contribution is 0.0580. The number of rotatable bonds is 4. The third-order valence-electron chi connectivity index (χ3n) is 4.60.